The van der Waals surface area contributed by atoms with Gasteiger partial charge < -0.3 is 15.5 Å². The molecule has 1 saturated heterocycles. The number of hydrogen-bond acceptors (Lipinski definition) is 5. The number of benzene rings is 2. The lowest BCUT2D eigenvalue weighted by molar-refractivity contribution is -0.132. The Kier molecular flexibility index (Phi) is 10.0. The van der Waals surface area contributed by atoms with Crippen LogP contribution in [0.15, 0.2) is 57.9 Å². The molecule has 7 nitrogen and oxygen atoms in total. The van der Waals surface area contributed by atoms with Gasteiger partial charge in [0.05, 0.1) is 10.6 Å². The molecular formula is C32H44BrN3O4S. The summed E-state index contributed by atoms with van der Waals surface area (Å²) in [5.41, 5.74) is 1.41. The summed E-state index contributed by atoms with van der Waals surface area (Å²) in [4.78, 5) is 29.1. The summed E-state index contributed by atoms with van der Waals surface area (Å²) in [5, 5.41) is 6.58. The quantitative estimate of drug-likeness (QED) is 0.384. The predicted octanol–water partition coefficient (Wildman–Crippen LogP) is 5.33. The molecule has 9 heteroatoms. The van der Waals surface area contributed by atoms with Gasteiger partial charge in [0.2, 0.25) is 5.91 Å². The van der Waals surface area contributed by atoms with Gasteiger partial charge >= 0.3 is 0 Å². The van der Waals surface area contributed by atoms with E-state index >= 15 is 0 Å². The van der Waals surface area contributed by atoms with Crippen LogP contribution in [0.4, 0.5) is 0 Å². The SMILES string of the molecule is CC(C)CN[C@@H]1CC[C@H](N2CC[C@H](NC(=O)c3cc(Br)cc(C(C)(C)C)c3)C2=O)[C@H](CS(=O)(=O)c2ccccc2)C1. The summed E-state index contributed by atoms with van der Waals surface area (Å²) in [5.74, 6) is -0.104. The van der Waals surface area contributed by atoms with Crippen LogP contribution in [-0.4, -0.2) is 62.1 Å². The first-order valence-electron chi connectivity index (χ1n) is 14.7. The third-order valence-corrected chi connectivity index (χ3v) is 10.6. The van der Waals surface area contributed by atoms with Crippen molar-refractivity contribution in [2.24, 2.45) is 11.8 Å². The van der Waals surface area contributed by atoms with Crippen LogP contribution in [-0.2, 0) is 20.0 Å². The topological polar surface area (TPSA) is 95.6 Å². The Morgan fingerprint density at radius 3 is 2.44 bits per heavy atom. The highest BCUT2D eigenvalue weighted by Gasteiger charge is 2.43. The van der Waals surface area contributed by atoms with Crippen LogP contribution >= 0.6 is 15.9 Å². The normalized spacial score (nSPS) is 23.7. The summed E-state index contributed by atoms with van der Waals surface area (Å²) in [6.07, 6.45) is 2.82. The molecular weight excluding hydrogens is 602 g/mol. The lowest BCUT2D eigenvalue weighted by Crippen LogP contribution is -2.52. The van der Waals surface area contributed by atoms with Gasteiger partial charge in [-0.25, -0.2) is 8.42 Å². The summed E-state index contributed by atoms with van der Waals surface area (Å²) >= 11 is 3.52. The van der Waals surface area contributed by atoms with Crippen molar-refractivity contribution >= 4 is 37.6 Å². The standard InChI is InChI=1S/C32H44BrN3O4S/c1-21(2)19-34-26-11-12-29(23(17-26)20-41(39,40)27-9-7-6-8-10-27)36-14-13-28(31(36)38)35-30(37)22-15-24(32(3,4)5)18-25(33)16-22/h6-10,15-16,18,21,23,26,28-29,34H,11-14,17,19-20H2,1-5H3,(H,35,37)/t23-,26+,28-,29-/m0/s1. The average Bonchev–Trinajstić information content (AvgIpc) is 3.26. The van der Waals surface area contributed by atoms with Crippen LogP contribution in [0.3, 0.4) is 0 Å². The number of carbonyl (C=O) groups excluding carboxylic acids is 2. The molecule has 0 unspecified atom stereocenters. The van der Waals surface area contributed by atoms with Crippen molar-refractivity contribution < 1.29 is 18.0 Å². The Morgan fingerprint density at radius 1 is 1.07 bits per heavy atom. The van der Waals surface area contributed by atoms with E-state index in [1.165, 1.54) is 0 Å². The average molecular weight is 647 g/mol. The number of hydrogen-bond donors (Lipinski definition) is 2. The number of halogens is 1. The minimum absolute atomic E-state index is 0.00400. The molecule has 1 saturated carbocycles. The fraction of sp³-hybridized carbons (Fsp3) is 0.562. The highest BCUT2D eigenvalue weighted by molar-refractivity contribution is 9.10. The van der Waals surface area contributed by atoms with Gasteiger partial charge in [-0.1, -0.05) is 68.7 Å². The number of nitrogens with one attached hydrogen (secondary N) is 2. The summed E-state index contributed by atoms with van der Waals surface area (Å²) in [7, 11) is -3.52. The fourth-order valence-corrected chi connectivity index (χ4v) is 8.17. The number of amides is 2. The molecule has 0 spiro atoms. The maximum atomic E-state index is 13.7. The first-order valence-corrected chi connectivity index (χ1v) is 17.1. The Bertz CT molecular complexity index is 1340. The van der Waals surface area contributed by atoms with Crippen LogP contribution in [0, 0.1) is 11.8 Å². The molecule has 224 valence electrons. The van der Waals surface area contributed by atoms with Gasteiger partial charge in [0.1, 0.15) is 6.04 Å². The third-order valence-electron chi connectivity index (χ3n) is 8.26. The molecule has 1 aliphatic carbocycles. The highest BCUT2D eigenvalue weighted by atomic mass is 79.9. The van der Waals surface area contributed by atoms with E-state index < -0.39 is 15.9 Å². The summed E-state index contributed by atoms with van der Waals surface area (Å²) in [6.45, 7) is 12.0. The second-order valence-electron chi connectivity index (χ2n) is 13.1. The van der Waals surface area contributed by atoms with Gasteiger partial charge in [-0.15, -0.1) is 0 Å². The highest BCUT2D eigenvalue weighted by Crippen LogP contribution is 2.34. The number of rotatable bonds is 9. The Labute approximate surface area is 253 Å². The van der Waals surface area contributed by atoms with Gasteiger partial charge in [0, 0.05) is 28.7 Å². The summed E-state index contributed by atoms with van der Waals surface area (Å²) in [6, 6.07) is 13.6. The lowest BCUT2D eigenvalue weighted by Gasteiger charge is -2.41. The molecule has 41 heavy (non-hydrogen) atoms. The first kappa shape index (κ1) is 31.7. The molecule has 2 N–H and O–H groups in total. The maximum absolute atomic E-state index is 13.7. The second kappa shape index (κ2) is 13.0. The van der Waals surface area contributed by atoms with E-state index in [0.29, 0.717) is 35.8 Å². The van der Waals surface area contributed by atoms with Gasteiger partial charge in [0.15, 0.2) is 9.84 Å². The van der Waals surface area contributed by atoms with Crippen molar-refractivity contribution in [3.05, 3.63) is 64.1 Å². The number of carbonyl (C=O) groups is 2. The Morgan fingerprint density at radius 2 is 1.78 bits per heavy atom. The van der Waals surface area contributed by atoms with Crippen LogP contribution in [0.25, 0.3) is 0 Å². The van der Waals surface area contributed by atoms with E-state index in [9.17, 15) is 18.0 Å². The number of sulfone groups is 1. The van der Waals surface area contributed by atoms with E-state index in [0.717, 1.165) is 29.4 Å². The van der Waals surface area contributed by atoms with Crippen molar-refractivity contribution in [2.45, 2.75) is 88.7 Å². The molecule has 0 radical (unpaired) electrons. The van der Waals surface area contributed by atoms with E-state index in [2.05, 4.69) is 61.2 Å². The van der Waals surface area contributed by atoms with Crippen molar-refractivity contribution in [3.8, 4) is 0 Å². The molecule has 2 fully saturated rings. The minimum atomic E-state index is -3.52. The monoisotopic (exact) mass is 645 g/mol. The molecule has 2 aromatic rings. The third kappa shape index (κ3) is 7.99. The van der Waals surface area contributed by atoms with Crippen molar-refractivity contribution in [1.82, 2.24) is 15.5 Å². The van der Waals surface area contributed by atoms with Gasteiger partial charge in [-0.3, -0.25) is 9.59 Å². The Balaban J connectivity index is 1.50. The fourth-order valence-electron chi connectivity index (χ4n) is 5.99. The molecule has 2 aliphatic rings. The number of nitrogens with zero attached hydrogens (tertiary/aromatic N) is 1. The lowest BCUT2D eigenvalue weighted by atomic mass is 9.81. The van der Waals surface area contributed by atoms with Crippen molar-refractivity contribution in [2.75, 3.05) is 18.8 Å². The second-order valence-corrected chi connectivity index (χ2v) is 16.0. The molecule has 2 amide bonds. The smallest absolute Gasteiger partial charge is 0.251 e. The summed E-state index contributed by atoms with van der Waals surface area (Å²) < 4.78 is 27.7. The van der Waals surface area contributed by atoms with Crippen LogP contribution in [0.1, 0.15) is 76.2 Å². The zero-order valence-electron chi connectivity index (χ0n) is 24.8. The van der Waals surface area contributed by atoms with E-state index in [1.807, 2.05) is 23.1 Å². The zero-order chi connectivity index (χ0) is 29.9. The molecule has 1 heterocycles. The van der Waals surface area contributed by atoms with Crippen LogP contribution in [0.2, 0.25) is 0 Å². The van der Waals surface area contributed by atoms with Crippen molar-refractivity contribution in [1.29, 1.82) is 0 Å². The number of likely N-dealkylation sites (tertiary alicyclic amines) is 1. The van der Waals surface area contributed by atoms with Gasteiger partial charge in [-0.05, 0) is 85.4 Å². The van der Waals surface area contributed by atoms with Crippen LogP contribution in [0.5, 0.6) is 0 Å². The molecule has 2 aromatic carbocycles. The van der Waals surface area contributed by atoms with Gasteiger partial charge in [-0.2, -0.15) is 0 Å². The molecule has 4 atom stereocenters. The van der Waals surface area contributed by atoms with Crippen LogP contribution < -0.4 is 10.6 Å². The van der Waals surface area contributed by atoms with E-state index in [1.54, 1.807) is 30.3 Å². The molecule has 0 bridgehead atoms. The largest absolute Gasteiger partial charge is 0.340 e. The van der Waals surface area contributed by atoms with Gasteiger partial charge in [0.25, 0.3) is 5.91 Å². The van der Waals surface area contributed by atoms with E-state index in [4.69, 9.17) is 0 Å². The first-order chi connectivity index (χ1) is 19.2. The zero-order valence-corrected chi connectivity index (χ0v) is 27.2. The Hall–Kier alpha value is -2.23. The predicted molar refractivity (Wildman–Crippen MR) is 167 cm³/mol. The molecule has 4 rings (SSSR count). The molecule has 0 aromatic heterocycles. The minimum Gasteiger partial charge on any atom is -0.340 e. The molecule has 1 aliphatic heterocycles. The maximum Gasteiger partial charge on any atom is 0.251 e. The van der Waals surface area contributed by atoms with E-state index in [-0.39, 0.29) is 41.0 Å². The van der Waals surface area contributed by atoms with Crippen molar-refractivity contribution in [3.63, 3.8) is 0 Å².